The van der Waals surface area contributed by atoms with Crippen molar-refractivity contribution in [2.24, 2.45) is 0 Å². The monoisotopic (exact) mass is 531 g/mol. The van der Waals surface area contributed by atoms with Crippen LogP contribution >= 0.6 is 11.8 Å². The van der Waals surface area contributed by atoms with Crippen LogP contribution in [0.2, 0.25) is 0 Å². The maximum absolute atomic E-state index is 13.1. The van der Waals surface area contributed by atoms with Crippen molar-refractivity contribution in [3.63, 3.8) is 0 Å². The van der Waals surface area contributed by atoms with E-state index in [1.54, 1.807) is 0 Å². The molecular formula is C26H29NO9S. The summed E-state index contributed by atoms with van der Waals surface area (Å²) in [4.78, 5) is 59.9. The van der Waals surface area contributed by atoms with Gasteiger partial charge in [-0.2, -0.15) is 11.8 Å². The quantitative estimate of drug-likeness (QED) is 0.322. The molecule has 2 atom stereocenters. The Morgan fingerprint density at radius 1 is 0.838 bits per heavy atom. The summed E-state index contributed by atoms with van der Waals surface area (Å²) in [6.07, 6.45) is -1.40. The Balaban J connectivity index is 2.17. The van der Waals surface area contributed by atoms with Gasteiger partial charge in [-0.25, -0.2) is 4.79 Å². The Morgan fingerprint density at radius 3 is 2.08 bits per heavy atom. The second kappa shape index (κ2) is 14.6. The van der Waals surface area contributed by atoms with Gasteiger partial charge in [0.25, 0.3) is 5.91 Å². The maximum atomic E-state index is 13.1. The number of amides is 1. The summed E-state index contributed by atoms with van der Waals surface area (Å²) >= 11 is 1.43. The van der Waals surface area contributed by atoms with Crippen LogP contribution < -0.4 is 14.8 Å². The van der Waals surface area contributed by atoms with Crippen LogP contribution in [0.1, 0.15) is 31.9 Å². The number of carbonyl (C=O) groups is 5. The summed E-state index contributed by atoms with van der Waals surface area (Å²) in [7, 11) is 1.22. The van der Waals surface area contributed by atoms with Crippen molar-refractivity contribution < 1.29 is 42.9 Å². The zero-order valence-electron chi connectivity index (χ0n) is 21.0. The van der Waals surface area contributed by atoms with E-state index in [2.05, 4.69) is 5.32 Å². The Bertz CT molecular complexity index is 1120. The van der Waals surface area contributed by atoms with Crippen LogP contribution in [0, 0.1) is 0 Å². The van der Waals surface area contributed by atoms with E-state index in [0.717, 1.165) is 12.5 Å². The largest absolute Gasteiger partial charge is 0.467 e. The van der Waals surface area contributed by atoms with Gasteiger partial charge in [0.2, 0.25) is 0 Å². The fourth-order valence-corrected chi connectivity index (χ4v) is 4.20. The first-order chi connectivity index (χ1) is 17.6. The van der Waals surface area contributed by atoms with E-state index < -0.39 is 41.9 Å². The van der Waals surface area contributed by atoms with Crippen LogP contribution in [0.25, 0.3) is 0 Å². The van der Waals surface area contributed by atoms with Gasteiger partial charge in [0, 0.05) is 38.7 Å². The van der Waals surface area contributed by atoms with Crippen LogP contribution in [0.4, 0.5) is 0 Å². The minimum atomic E-state index is -1.30. The van der Waals surface area contributed by atoms with E-state index in [9.17, 15) is 24.0 Å². The topological polar surface area (TPSA) is 134 Å². The molecular weight excluding hydrogens is 502 g/mol. The second-order valence-corrected chi connectivity index (χ2v) is 8.89. The minimum absolute atomic E-state index is 0.0149. The zero-order chi connectivity index (χ0) is 27.4. The average Bonchev–Trinajstić information content (AvgIpc) is 2.83. The molecule has 0 fully saturated rings. The van der Waals surface area contributed by atoms with Crippen molar-refractivity contribution >= 4 is 41.5 Å². The highest BCUT2D eigenvalue weighted by Crippen LogP contribution is 2.29. The SMILES string of the molecule is COC(=O)[C@H](CSCc1ccccc1)NC(=O)[C@H](Cc1ccc(OC(C)=O)c(OC(C)=O)c1)OC(C)=O. The molecule has 2 aromatic carbocycles. The number of rotatable bonds is 12. The number of thioether (sulfide) groups is 1. The molecule has 0 saturated carbocycles. The van der Waals surface area contributed by atoms with E-state index in [1.807, 2.05) is 30.3 Å². The van der Waals surface area contributed by atoms with E-state index in [1.165, 1.54) is 50.9 Å². The highest BCUT2D eigenvalue weighted by Gasteiger charge is 2.29. The Morgan fingerprint density at radius 2 is 1.49 bits per heavy atom. The van der Waals surface area contributed by atoms with E-state index >= 15 is 0 Å². The lowest BCUT2D eigenvalue weighted by Gasteiger charge is -2.21. The van der Waals surface area contributed by atoms with E-state index in [-0.39, 0.29) is 23.7 Å². The zero-order valence-corrected chi connectivity index (χ0v) is 21.8. The Kier molecular flexibility index (Phi) is 11.6. The highest BCUT2D eigenvalue weighted by molar-refractivity contribution is 7.98. The van der Waals surface area contributed by atoms with Crippen molar-refractivity contribution in [3.05, 3.63) is 59.7 Å². The first-order valence-electron chi connectivity index (χ1n) is 11.3. The summed E-state index contributed by atoms with van der Waals surface area (Å²) in [6.45, 7) is 3.53. The lowest BCUT2D eigenvalue weighted by atomic mass is 10.1. The number of methoxy groups -OCH3 is 1. The minimum Gasteiger partial charge on any atom is -0.467 e. The predicted octanol–water partition coefficient (Wildman–Crippen LogP) is 2.60. The van der Waals surface area contributed by atoms with Gasteiger partial charge in [0.05, 0.1) is 7.11 Å². The Labute approximate surface area is 219 Å². The third kappa shape index (κ3) is 10.3. The molecule has 0 heterocycles. The molecule has 0 saturated heterocycles. The van der Waals surface area contributed by atoms with Gasteiger partial charge < -0.3 is 24.3 Å². The number of benzene rings is 2. The molecule has 198 valence electrons. The summed E-state index contributed by atoms with van der Waals surface area (Å²) in [5, 5.41) is 2.60. The summed E-state index contributed by atoms with van der Waals surface area (Å²) in [5.74, 6) is -2.48. The fourth-order valence-electron chi connectivity index (χ4n) is 3.20. The smallest absolute Gasteiger partial charge is 0.329 e. The van der Waals surface area contributed by atoms with Crippen LogP contribution in [-0.2, 0) is 45.6 Å². The second-order valence-electron chi connectivity index (χ2n) is 7.86. The van der Waals surface area contributed by atoms with Gasteiger partial charge in [-0.15, -0.1) is 0 Å². The van der Waals surface area contributed by atoms with Gasteiger partial charge in [0.1, 0.15) is 6.04 Å². The predicted molar refractivity (Wildman–Crippen MR) is 135 cm³/mol. The summed E-state index contributed by atoms with van der Waals surface area (Å²) in [5.41, 5.74) is 1.50. The first-order valence-corrected chi connectivity index (χ1v) is 12.4. The Hall–Kier alpha value is -3.86. The summed E-state index contributed by atoms with van der Waals surface area (Å²) < 4.78 is 20.2. The molecule has 2 rings (SSSR count). The summed E-state index contributed by atoms with van der Waals surface area (Å²) in [6, 6.07) is 13.0. The lowest BCUT2D eigenvalue weighted by molar-refractivity contribution is -0.155. The van der Waals surface area contributed by atoms with E-state index in [0.29, 0.717) is 11.3 Å². The number of carbonyl (C=O) groups excluding carboxylic acids is 5. The van der Waals surface area contributed by atoms with Crippen molar-refractivity contribution in [1.82, 2.24) is 5.32 Å². The third-order valence-electron chi connectivity index (χ3n) is 4.74. The molecule has 1 amide bonds. The molecule has 0 bridgehead atoms. The van der Waals surface area contributed by atoms with Gasteiger partial charge in [-0.3, -0.25) is 19.2 Å². The van der Waals surface area contributed by atoms with Gasteiger partial charge in [-0.1, -0.05) is 36.4 Å². The molecule has 37 heavy (non-hydrogen) atoms. The van der Waals surface area contributed by atoms with Gasteiger partial charge in [-0.05, 0) is 23.3 Å². The molecule has 0 spiro atoms. The molecule has 0 unspecified atom stereocenters. The molecule has 1 N–H and O–H groups in total. The van der Waals surface area contributed by atoms with Gasteiger partial charge >= 0.3 is 23.9 Å². The van der Waals surface area contributed by atoms with Crippen molar-refractivity contribution in [1.29, 1.82) is 0 Å². The molecule has 0 aliphatic rings. The van der Waals surface area contributed by atoms with Crippen molar-refractivity contribution in [3.8, 4) is 11.5 Å². The van der Waals surface area contributed by atoms with Crippen molar-refractivity contribution in [2.45, 2.75) is 45.1 Å². The normalized spacial score (nSPS) is 12.0. The number of ether oxygens (including phenoxy) is 4. The molecule has 2 aromatic rings. The van der Waals surface area contributed by atoms with Crippen molar-refractivity contribution in [2.75, 3.05) is 12.9 Å². The average molecular weight is 532 g/mol. The molecule has 10 nitrogen and oxygen atoms in total. The molecule has 0 aliphatic carbocycles. The molecule has 11 heteroatoms. The van der Waals surface area contributed by atoms with Crippen LogP contribution in [0.3, 0.4) is 0 Å². The standard InChI is InChI=1S/C26H29NO9S/c1-16(28)34-22-11-10-20(12-23(22)35-17(2)29)13-24(36-18(3)30)25(31)27-21(26(32)33-4)15-37-14-19-8-6-5-7-9-19/h5-12,21,24H,13-15H2,1-4H3,(H,27,31)/t21-,24-/m0/s1. The molecule has 0 radical (unpaired) electrons. The first kappa shape index (κ1) is 29.4. The van der Waals surface area contributed by atoms with Crippen LogP contribution in [0.5, 0.6) is 11.5 Å². The van der Waals surface area contributed by atoms with E-state index in [4.69, 9.17) is 18.9 Å². The van der Waals surface area contributed by atoms with Crippen LogP contribution in [-0.4, -0.2) is 54.8 Å². The third-order valence-corrected chi connectivity index (χ3v) is 5.84. The number of hydrogen-bond donors (Lipinski definition) is 1. The fraction of sp³-hybridized carbons (Fsp3) is 0.346. The number of esters is 4. The van der Waals surface area contributed by atoms with Crippen LogP contribution in [0.15, 0.2) is 48.5 Å². The molecule has 0 aromatic heterocycles. The lowest BCUT2D eigenvalue weighted by Crippen LogP contribution is -2.49. The number of nitrogens with one attached hydrogen (secondary N) is 1. The molecule has 0 aliphatic heterocycles. The van der Waals surface area contributed by atoms with Gasteiger partial charge in [0.15, 0.2) is 17.6 Å². The number of hydrogen-bond acceptors (Lipinski definition) is 10. The maximum Gasteiger partial charge on any atom is 0.329 e. The highest BCUT2D eigenvalue weighted by atomic mass is 32.2.